The Kier molecular flexibility index (Phi) is 2.80. The summed E-state index contributed by atoms with van der Waals surface area (Å²) in [6.07, 6.45) is 0. The molecule has 0 saturated heterocycles. The summed E-state index contributed by atoms with van der Waals surface area (Å²) in [6, 6.07) is 0. The Labute approximate surface area is 82.5 Å². The molecule has 80 valence electrons. The van der Waals surface area contributed by atoms with E-state index >= 15 is 0 Å². The van der Waals surface area contributed by atoms with E-state index in [1.54, 1.807) is 0 Å². The van der Waals surface area contributed by atoms with Crippen LogP contribution in [0, 0.1) is 5.82 Å². The van der Waals surface area contributed by atoms with Crippen molar-refractivity contribution >= 4 is 5.82 Å². The zero-order chi connectivity index (χ0) is 10.9. The highest BCUT2D eigenvalue weighted by molar-refractivity contribution is 5.36. The summed E-state index contributed by atoms with van der Waals surface area (Å²) in [5.74, 6) is -0.491. The number of hydrogen-bond acceptors (Lipinski definition) is 3. The van der Waals surface area contributed by atoms with Crippen LogP contribution < -0.4 is 5.73 Å². The summed E-state index contributed by atoms with van der Waals surface area (Å²) in [4.78, 5) is 0. The van der Waals surface area contributed by atoms with Crippen LogP contribution in [0.4, 0.5) is 10.2 Å². The topological polar surface area (TPSA) is 64.1 Å². The first-order chi connectivity index (χ1) is 6.38. The quantitative estimate of drug-likeness (QED) is 0.747. The number of nitrogens with zero attached hydrogens (tertiary/aromatic N) is 2. The minimum Gasteiger partial charge on any atom is -0.394 e. The van der Waals surface area contributed by atoms with Crippen LogP contribution in [0.1, 0.15) is 26.5 Å². The van der Waals surface area contributed by atoms with E-state index < -0.39 is 5.82 Å². The van der Waals surface area contributed by atoms with E-state index in [1.807, 2.05) is 20.8 Å². The molecule has 1 rings (SSSR count). The number of aliphatic hydroxyl groups excluding tert-OH is 1. The maximum atomic E-state index is 13.6. The Morgan fingerprint density at radius 2 is 2.07 bits per heavy atom. The van der Waals surface area contributed by atoms with E-state index in [-0.39, 0.29) is 24.4 Å². The number of aromatic nitrogens is 2. The summed E-state index contributed by atoms with van der Waals surface area (Å²) < 4.78 is 14.8. The van der Waals surface area contributed by atoms with Gasteiger partial charge < -0.3 is 10.8 Å². The minimum absolute atomic E-state index is 0.0102. The van der Waals surface area contributed by atoms with Gasteiger partial charge in [-0.15, -0.1) is 0 Å². The van der Waals surface area contributed by atoms with E-state index in [0.717, 1.165) is 0 Å². The zero-order valence-electron chi connectivity index (χ0n) is 8.71. The van der Waals surface area contributed by atoms with Gasteiger partial charge >= 0.3 is 0 Å². The highest BCUT2D eigenvalue weighted by atomic mass is 19.1. The fourth-order valence-corrected chi connectivity index (χ4v) is 1.20. The molecule has 0 aliphatic carbocycles. The minimum atomic E-state index is -0.481. The number of anilines is 1. The molecule has 0 unspecified atom stereocenters. The van der Waals surface area contributed by atoms with Gasteiger partial charge in [-0.25, -0.2) is 9.07 Å². The van der Waals surface area contributed by atoms with Crippen LogP contribution in [-0.4, -0.2) is 21.5 Å². The summed E-state index contributed by atoms with van der Waals surface area (Å²) >= 11 is 0. The third-order valence-electron chi connectivity index (χ3n) is 1.95. The molecule has 0 bridgehead atoms. The van der Waals surface area contributed by atoms with Crippen LogP contribution >= 0.6 is 0 Å². The van der Waals surface area contributed by atoms with Gasteiger partial charge in [0.25, 0.3) is 0 Å². The van der Waals surface area contributed by atoms with Crippen LogP contribution in [0.2, 0.25) is 0 Å². The van der Waals surface area contributed by atoms with Crippen molar-refractivity contribution in [2.24, 2.45) is 0 Å². The number of halogens is 1. The van der Waals surface area contributed by atoms with Gasteiger partial charge in [0.2, 0.25) is 0 Å². The van der Waals surface area contributed by atoms with Gasteiger partial charge in [0.05, 0.1) is 13.2 Å². The molecule has 0 atom stereocenters. The SMILES string of the molecule is CC(C)(C)c1nn(CCO)c(N)c1F. The zero-order valence-corrected chi connectivity index (χ0v) is 8.71. The third kappa shape index (κ3) is 1.87. The van der Waals surface area contributed by atoms with Gasteiger partial charge in [0, 0.05) is 5.41 Å². The van der Waals surface area contributed by atoms with Crippen molar-refractivity contribution in [3.05, 3.63) is 11.5 Å². The molecule has 1 heterocycles. The molecule has 0 amide bonds. The Morgan fingerprint density at radius 3 is 2.43 bits per heavy atom. The fourth-order valence-electron chi connectivity index (χ4n) is 1.20. The van der Waals surface area contributed by atoms with E-state index in [9.17, 15) is 4.39 Å². The fraction of sp³-hybridized carbons (Fsp3) is 0.667. The van der Waals surface area contributed by atoms with Crippen molar-refractivity contribution in [2.75, 3.05) is 12.3 Å². The Morgan fingerprint density at radius 1 is 1.50 bits per heavy atom. The average Bonchev–Trinajstić information content (AvgIpc) is 2.32. The maximum Gasteiger partial charge on any atom is 0.188 e. The molecular weight excluding hydrogens is 185 g/mol. The third-order valence-corrected chi connectivity index (χ3v) is 1.95. The lowest BCUT2D eigenvalue weighted by molar-refractivity contribution is 0.269. The molecule has 0 saturated carbocycles. The smallest absolute Gasteiger partial charge is 0.188 e. The van der Waals surface area contributed by atoms with Gasteiger partial charge in [-0.3, -0.25) is 0 Å². The van der Waals surface area contributed by atoms with Crippen LogP contribution in [0.3, 0.4) is 0 Å². The monoisotopic (exact) mass is 201 g/mol. The molecule has 1 aromatic rings. The highest BCUT2D eigenvalue weighted by Crippen LogP contribution is 2.26. The first-order valence-corrected chi connectivity index (χ1v) is 4.51. The van der Waals surface area contributed by atoms with Crippen molar-refractivity contribution in [3.8, 4) is 0 Å². The standard InChI is InChI=1S/C9H16FN3O/c1-9(2,3)7-6(10)8(11)13(12-7)4-5-14/h14H,4-5,11H2,1-3H3. The lowest BCUT2D eigenvalue weighted by Crippen LogP contribution is -2.14. The van der Waals surface area contributed by atoms with E-state index in [4.69, 9.17) is 10.8 Å². The van der Waals surface area contributed by atoms with Crippen LogP contribution in [-0.2, 0) is 12.0 Å². The predicted octanol–water partition coefficient (Wildman–Crippen LogP) is 0.894. The van der Waals surface area contributed by atoms with Gasteiger partial charge in [-0.2, -0.15) is 5.10 Å². The van der Waals surface area contributed by atoms with Gasteiger partial charge in [0.1, 0.15) is 5.69 Å². The Balaban J connectivity index is 3.15. The largest absolute Gasteiger partial charge is 0.394 e. The van der Waals surface area contributed by atoms with Crippen molar-refractivity contribution < 1.29 is 9.50 Å². The second-order valence-electron chi connectivity index (χ2n) is 4.24. The van der Waals surface area contributed by atoms with Crippen molar-refractivity contribution in [1.82, 2.24) is 9.78 Å². The number of nitrogens with two attached hydrogens (primary N) is 1. The number of rotatable bonds is 2. The molecule has 0 aliphatic rings. The molecule has 3 N–H and O–H groups in total. The van der Waals surface area contributed by atoms with E-state index in [1.165, 1.54) is 4.68 Å². The molecule has 0 fully saturated rings. The number of nitrogen functional groups attached to an aromatic ring is 1. The van der Waals surface area contributed by atoms with Gasteiger partial charge in [-0.1, -0.05) is 20.8 Å². The van der Waals surface area contributed by atoms with Crippen molar-refractivity contribution in [3.63, 3.8) is 0 Å². The lowest BCUT2D eigenvalue weighted by Gasteiger charge is -2.14. The number of hydrogen-bond donors (Lipinski definition) is 2. The van der Waals surface area contributed by atoms with Crippen LogP contribution in [0.25, 0.3) is 0 Å². The second kappa shape index (κ2) is 3.57. The molecule has 0 aliphatic heterocycles. The van der Waals surface area contributed by atoms with Crippen LogP contribution in [0.15, 0.2) is 0 Å². The van der Waals surface area contributed by atoms with Crippen molar-refractivity contribution in [1.29, 1.82) is 0 Å². The van der Waals surface area contributed by atoms with Crippen LogP contribution in [0.5, 0.6) is 0 Å². The summed E-state index contributed by atoms with van der Waals surface area (Å²) in [6.45, 7) is 5.71. The molecular formula is C9H16FN3O. The summed E-state index contributed by atoms with van der Waals surface area (Å²) in [7, 11) is 0. The van der Waals surface area contributed by atoms with Gasteiger partial charge in [-0.05, 0) is 0 Å². The summed E-state index contributed by atoms with van der Waals surface area (Å²) in [5, 5.41) is 12.7. The lowest BCUT2D eigenvalue weighted by atomic mass is 9.92. The first-order valence-electron chi connectivity index (χ1n) is 4.51. The molecule has 14 heavy (non-hydrogen) atoms. The number of aliphatic hydroxyl groups is 1. The first kappa shape index (κ1) is 11.0. The second-order valence-corrected chi connectivity index (χ2v) is 4.24. The normalized spacial score (nSPS) is 12.1. The molecule has 5 heteroatoms. The van der Waals surface area contributed by atoms with E-state index in [0.29, 0.717) is 5.69 Å². The molecule has 0 radical (unpaired) electrons. The van der Waals surface area contributed by atoms with E-state index in [2.05, 4.69) is 5.10 Å². The highest BCUT2D eigenvalue weighted by Gasteiger charge is 2.25. The van der Waals surface area contributed by atoms with Crippen molar-refractivity contribution in [2.45, 2.75) is 32.7 Å². The molecule has 0 spiro atoms. The summed E-state index contributed by atoms with van der Waals surface area (Å²) in [5.41, 5.74) is 5.46. The van der Waals surface area contributed by atoms with Gasteiger partial charge in [0.15, 0.2) is 11.6 Å². The maximum absolute atomic E-state index is 13.6. The Hall–Kier alpha value is -1.10. The molecule has 1 aromatic heterocycles. The average molecular weight is 201 g/mol. The predicted molar refractivity (Wildman–Crippen MR) is 52.4 cm³/mol. The Bertz CT molecular complexity index is 328. The molecule has 0 aromatic carbocycles. The molecule has 4 nitrogen and oxygen atoms in total.